The standard InChI is InChI=1S/C15H10BrClN2O/c16-10-2-1-3-13-14(10)9(7-19-13)15(20)8-4-5-11(17)12(18)6-8/h1-7,19H,18H2. The van der Waals surface area contributed by atoms with Crippen LogP contribution in [0.4, 0.5) is 5.69 Å². The normalized spacial score (nSPS) is 10.9. The largest absolute Gasteiger partial charge is 0.398 e. The molecule has 100 valence electrons. The number of ketones is 1. The minimum atomic E-state index is -0.0912. The maximum Gasteiger partial charge on any atom is 0.195 e. The van der Waals surface area contributed by atoms with Gasteiger partial charge >= 0.3 is 0 Å². The van der Waals surface area contributed by atoms with Crippen molar-refractivity contribution < 1.29 is 4.79 Å². The molecule has 0 amide bonds. The lowest BCUT2D eigenvalue weighted by Gasteiger charge is -2.04. The number of carbonyl (C=O) groups is 1. The summed E-state index contributed by atoms with van der Waals surface area (Å²) in [5, 5.41) is 1.31. The Morgan fingerprint density at radius 2 is 2.05 bits per heavy atom. The molecule has 0 atom stereocenters. The third-order valence-electron chi connectivity index (χ3n) is 3.16. The Morgan fingerprint density at radius 3 is 2.80 bits per heavy atom. The van der Waals surface area contributed by atoms with Gasteiger partial charge < -0.3 is 10.7 Å². The Morgan fingerprint density at radius 1 is 1.25 bits per heavy atom. The molecule has 1 aromatic heterocycles. The van der Waals surface area contributed by atoms with Gasteiger partial charge in [0.1, 0.15) is 0 Å². The van der Waals surface area contributed by atoms with Gasteiger partial charge in [0.15, 0.2) is 5.78 Å². The topological polar surface area (TPSA) is 58.9 Å². The molecule has 20 heavy (non-hydrogen) atoms. The molecule has 3 N–H and O–H groups in total. The number of hydrogen-bond acceptors (Lipinski definition) is 2. The summed E-state index contributed by atoms with van der Waals surface area (Å²) in [5.41, 5.74) is 8.18. The van der Waals surface area contributed by atoms with Crippen LogP contribution in [0.3, 0.4) is 0 Å². The predicted molar refractivity (Wildman–Crippen MR) is 85.3 cm³/mol. The summed E-state index contributed by atoms with van der Waals surface area (Å²) >= 11 is 9.36. The highest BCUT2D eigenvalue weighted by molar-refractivity contribution is 9.10. The number of rotatable bonds is 2. The zero-order valence-corrected chi connectivity index (χ0v) is 12.6. The third-order valence-corrected chi connectivity index (χ3v) is 4.16. The minimum absolute atomic E-state index is 0.0912. The van der Waals surface area contributed by atoms with E-state index in [9.17, 15) is 4.79 Å². The van der Waals surface area contributed by atoms with E-state index in [1.807, 2.05) is 18.2 Å². The Labute approximate surface area is 128 Å². The molecule has 0 bridgehead atoms. The quantitative estimate of drug-likeness (QED) is 0.532. The number of fused-ring (bicyclic) bond motifs is 1. The number of aromatic amines is 1. The minimum Gasteiger partial charge on any atom is -0.398 e. The summed E-state index contributed by atoms with van der Waals surface area (Å²) in [6.07, 6.45) is 1.71. The van der Waals surface area contributed by atoms with Gasteiger partial charge in [-0.2, -0.15) is 0 Å². The fraction of sp³-hybridized carbons (Fsp3) is 0. The van der Waals surface area contributed by atoms with Crippen LogP contribution in [-0.4, -0.2) is 10.8 Å². The van der Waals surface area contributed by atoms with E-state index in [1.165, 1.54) is 0 Å². The lowest BCUT2D eigenvalue weighted by Crippen LogP contribution is -2.01. The number of aromatic nitrogens is 1. The van der Waals surface area contributed by atoms with E-state index in [2.05, 4.69) is 20.9 Å². The highest BCUT2D eigenvalue weighted by Gasteiger charge is 2.16. The van der Waals surface area contributed by atoms with Crippen molar-refractivity contribution in [3.63, 3.8) is 0 Å². The molecule has 3 aromatic rings. The number of nitrogens with one attached hydrogen (secondary N) is 1. The first-order valence-corrected chi connectivity index (χ1v) is 7.10. The van der Waals surface area contributed by atoms with Gasteiger partial charge in [-0.15, -0.1) is 0 Å². The van der Waals surface area contributed by atoms with E-state index < -0.39 is 0 Å². The summed E-state index contributed by atoms with van der Waals surface area (Å²) in [6, 6.07) is 10.7. The third kappa shape index (κ3) is 2.11. The molecule has 2 aromatic carbocycles. The van der Waals surface area contributed by atoms with Crippen molar-refractivity contribution in [2.24, 2.45) is 0 Å². The Bertz CT molecular complexity index is 826. The number of anilines is 1. The van der Waals surface area contributed by atoms with Crippen molar-refractivity contribution in [1.82, 2.24) is 4.98 Å². The predicted octanol–water partition coefficient (Wildman–Crippen LogP) is 4.40. The lowest BCUT2D eigenvalue weighted by molar-refractivity contribution is 0.104. The number of H-pyrrole nitrogens is 1. The van der Waals surface area contributed by atoms with Crippen molar-refractivity contribution in [2.75, 3.05) is 5.73 Å². The summed E-state index contributed by atoms with van der Waals surface area (Å²) in [4.78, 5) is 15.7. The average Bonchev–Trinajstić information content (AvgIpc) is 2.86. The van der Waals surface area contributed by atoms with Crippen molar-refractivity contribution in [3.8, 4) is 0 Å². The Kier molecular flexibility index (Phi) is 3.28. The first kappa shape index (κ1) is 13.2. The molecule has 0 radical (unpaired) electrons. The second kappa shape index (κ2) is 4.96. The molecule has 3 nitrogen and oxygen atoms in total. The molecular formula is C15H10BrClN2O. The van der Waals surface area contributed by atoms with Crippen molar-refractivity contribution in [3.05, 3.63) is 63.2 Å². The van der Waals surface area contributed by atoms with Crippen LogP contribution < -0.4 is 5.73 Å². The van der Waals surface area contributed by atoms with Crippen molar-refractivity contribution in [2.45, 2.75) is 0 Å². The van der Waals surface area contributed by atoms with Gasteiger partial charge in [0, 0.05) is 32.7 Å². The second-order valence-corrected chi connectivity index (χ2v) is 5.69. The van der Waals surface area contributed by atoms with Crippen LogP contribution >= 0.6 is 27.5 Å². The molecule has 0 aliphatic carbocycles. The first-order chi connectivity index (χ1) is 9.58. The van der Waals surface area contributed by atoms with E-state index in [1.54, 1.807) is 24.4 Å². The maximum absolute atomic E-state index is 12.6. The SMILES string of the molecule is Nc1cc(C(=O)c2c[nH]c3cccc(Br)c23)ccc1Cl. The van der Waals surface area contributed by atoms with E-state index in [0.29, 0.717) is 21.8 Å². The summed E-state index contributed by atoms with van der Waals surface area (Å²) in [6.45, 7) is 0. The number of nitrogens with two attached hydrogens (primary N) is 1. The molecule has 0 aliphatic rings. The van der Waals surface area contributed by atoms with E-state index >= 15 is 0 Å². The van der Waals surface area contributed by atoms with Crippen molar-refractivity contribution in [1.29, 1.82) is 0 Å². The Hall–Kier alpha value is -1.78. The number of carbonyl (C=O) groups excluding carboxylic acids is 1. The number of benzene rings is 2. The van der Waals surface area contributed by atoms with Gasteiger partial charge in [0.05, 0.1) is 10.7 Å². The van der Waals surface area contributed by atoms with Crippen LogP contribution in [0.25, 0.3) is 10.9 Å². The fourth-order valence-electron chi connectivity index (χ4n) is 2.16. The second-order valence-electron chi connectivity index (χ2n) is 4.43. The number of nitrogen functional groups attached to an aromatic ring is 1. The highest BCUT2D eigenvalue weighted by Crippen LogP contribution is 2.29. The fourth-order valence-corrected chi connectivity index (χ4v) is 2.86. The highest BCUT2D eigenvalue weighted by atomic mass is 79.9. The van der Waals surface area contributed by atoms with Gasteiger partial charge in [-0.1, -0.05) is 33.6 Å². The molecular weight excluding hydrogens is 340 g/mol. The van der Waals surface area contributed by atoms with Gasteiger partial charge in [-0.3, -0.25) is 4.79 Å². The lowest BCUT2D eigenvalue weighted by atomic mass is 10.0. The van der Waals surface area contributed by atoms with E-state index in [0.717, 1.165) is 15.4 Å². The van der Waals surface area contributed by atoms with E-state index in [4.69, 9.17) is 17.3 Å². The van der Waals surface area contributed by atoms with Gasteiger partial charge in [-0.05, 0) is 30.3 Å². The van der Waals surface area contributed by atoms with Gasteiger partial charge in [-0.25, -0.2) is 0 Å². The molecule has 0 unspecified atom stereocenters. The zero-order valence-electron chi connectivity index (χ0n) is 10.3. The summed E-state index contributed by atoms with van der Waals surface area (Å²) in [7, 11) is 0. The molecule has 0 saturated heterocycles. The van der Waals surface area contributed by atoms with Crippen LogP contribution in [0.15, 0.2) is 47.1 Å². The molecule has 0 fully saturated rings. The summed E-state index contributed by atoms with van der Waals surface area (Å²) < 4.78 is 0.876. The molecule has 0 saturated carbocycles. The zero-order chi connectivity index (χ0) is 14.3. The molecule has 1 heterocycles. The van der Waals surface area contributed by atoms with Crippen LogP contribution in [0.1, 0.15) is 15.9 Å². The van der Waals surface area contributed by atoms with Crippen LogP contribution in [0.5, 0.6) is 0 Å². The van der Waals surface area contributed by atoms with Crippen LogP contribution in [0, 0.1) is 0 Å². The molecule has 0 aliphatic heterocycles. The molecule has 3 rings (SSSR count). The number of hydrogen-bond donors (Lipinski definition) is 2. The number of halogens is 2. The first-order valence-electron chi connectivity index (χ1n) is 5.93. The monoisotopic (exact) mass is 348 g/mol. The van der Waals surface area contributed by atoms with Gasteiger partial charge in [0.2, 0.25) is 0 Å². The van der Waals surface area contributed by atoms with Crippen LogP contribution in [-0.2, 0) is 0 Å². The average molecular weight is 350 g/mol. The van der Waals surface area contributed by atoms with E-state index in [-0.39, 0.29) is 5.78 Å². The van der Waals surface area contributed by atoms with Crippen LogP contribution in [0.2, 0.25) is 5.02 Å². The smallest absolute Gasteiger partial charge is 0.195 e. The van der Waals surface area contributed by atoms with Crippen molar-refractivity contribution >= 4 is 49.9 Å². The Balaban J connectivity index is 2.15. The molecule has 0 spiro atoms. The maximum atomic E-state index is 12.6. The molecule has 5 heteroatoms. The summed E-state index contributed by atoms with van der Waals surface area (Å²) in [5.74, 6) is -0.0912. The van der Waals surface area contributed by atoms with Gasteiger partial charge in [0.25, 0.3) is 0 Å².